The lowest BCUT2D eigenvalue weighted by atomic mass is 10.0. The summed E-state index contributed by atoms with van der Waals surface area (Å²) < 4.78 is 87.7. The van der Waals surface area contributed by atoms with Crippen LogP contribution < -0.4 is 20.1 Å². The SMILES string of the molecule is CN1CCC(Nc2cccc3c2cc(C#CCNc2cc4c(cc2OC(O)(O)O)S(=O)(=O)NC4)n3CC(F)(F)F)C(F)C1. The Labute approximate surface area is 244 Å². The number of fused-ring (bicyclic) bond motifs is 2. The van der Waals surface area contributed by atoms with Crippen LogP contribution in [0.4, 0.5) is 28.9 Å². The number of benzene rings is 2. The maximum Gasteiger partial charge on any atom is 0.453 e. The molecule has 6 N–H and O–H groups in total. The first-order valence-corrected chi connectivity index (χ1v) is 14.6. The monoisotopic (exact) mass is 627 g/mol. The minimum absolute atomic E-state index is 0.0368. The number of sulfonamides is 1. The Morgan fingerprint density at radius 3 is 2.63 bits per heavy atom. The highest BCUT2D eigenvalue weighted by Gasteiger charge is 2.32. The first-order chi connectivity index (χ1) is 20.1. The molecule has 11 nitrogen and oxygen atoms in total. The predicted molar refractivity (Wildman–Crippen MR) is 148 cm³/mol. The maximum atomic E-state index is 14.7. The number of anilines is 2. The van der Waals surface area contributed by atoms with Crippen LogP contribution in [0.1, 0.15) is 17.7 Å². The van der Waals surface area contributed by atoms with E-state index in [9.17, 15) is 41.3 Å². The Hall–Kier alpha value is -3.59. The van der Waals surface area contributed by atoms with E-state index in [1.165, 1.54) is 18.2 Å². The molecule has 16 heteroatoms. The minimum Gasteiger partial charge on any atom is -0.415 e. The van der Waals surface area contributed by atoms with Crippen LogP contribution in [0, 0.1) is 11.8 Å². The first-order valence-electron chi connectivity index (χ1n) is 13.1. The second-order valence-electron chi connectivity index (χ2n) is 10.4. The third-order valence-electron chi connectivity index (χ3n) is 7.10. The van der Waals surface area contributed by atoms with Crippen molar-refractivity contribution in [3.05, 3.63) is 47.7 Å². The Bertz CT molecular complexity index is 1690. The van der Waals surface area contributed by atoms with Crippen LogP contribution in [0.15, 0.2) is 41.3 Å². The summed E-state index contributed by atoms with van der Waals surface area (Å²) in [6.45, 7) is -0.636. The van der Waals surface area contributed by atoms with Crippen LogP contribution in [0.2, 0.25) is 0 Å². The number of hydrogen-bond donors (Lipinski definition) is 6. The first kappa shape index (κ1) is 30.9. The van der Waals surface area contributed by atoms with Gasteiger partial charge < -0.3 is 40.2 Å². The number of piperidine rings is 1. The average Bonchev–Trinajstić information content (AvgIpc) is 3.38. The lowest BCUT2D eigenvalue weighted by Crippen LogP contribution is -2.46. The van der Waals surface area contributed by atoms with E-state index in [0.29, 0.717) is 29.6 Å². The van der Waals surface area contributed by atoms with Crippen molar-refractivity contribution in [2.45, 2.75) is 49.0 Å². The van der Waals surface area contributed by atoms with Crippen LogP contribution in [0.25, 0.3) is 10.9 Å². The molecular weight excluding hydrogens is 598 g/mol. The fourth-order valence-corrected chi connectivity index (χ4v) is 6.41. The summed E-state index contributed by atoms with van der Waals surface area (Å²) in [6, 6.07) is 8.12. The molecule has 2 unspecified atom stereocenters. The smallest absolute Gasteiger partial charge is 0.415 e. The molecule has 1 aromatic heterocycles. The van der Waals surface area contributed by atoms with Gasteiger partial charge in [0.05, 0.1) is 34.4 Å². The van der Waals surface area contributed by atoms with E-state index in [0.717, 1.165) is 10.6 Å². The number of likely N-dealkylation sites (tertiary alicyclic amines) is 1. The molecule has 2 aliphatic heterocycles. The van der Waals surface area contributed by atoms with Gasteiger partial charge in [0.25, 0.3) is 0 Å². The molecule has 0 spiro atoms. The van der Waals surface area contributed by atoms with Gasteiger partial charge in [-0.1, -0.05) is 12.0 Å². The van der Waals surface area contributed by atoms with E-state index in [-0.39, 0.29) is 41.4 Å². The summed E-state index contributed by atoms with van der Waals surface area (Å²) in [5.41, 5.74) is 1.16. The summed E-state index contributed by atoms with van der Waals surface area (Å²) in [4.78, 5) is 1.68. The number of aliphatic hydroxyl groups is 3. The molecule has 0 aliphatic carbocycles. The fraction of sp³-hybridized carbons (Fsp3) is 0.407. The molecule has 0 amide bonds. The Balaban J connectivity index is 1.43. The van der Waals surface area contributed by atoms with Crippen LogP contribution in [0.5, 0.6) is 5.75 Å². The van der Waals surface area contributed by atoms with E-state index >= 15 is 0 Å². The zero-order chi connectivity index (χ0) is 31.2. The van der Waals surface area contributed by atoms with Crippen molar-refractivity contribution in [1.29, 1.82) is 0 Å². The van der Waals surface area contributed by atoms with Gasteiger partial charge in [-0.15, -0.1) is 0 Å². The van der Waals surface area contributed by atoms with Crippen molar-refractivity contribution in [3.63, 3.8) is 0 Å². The fourth-order valence-electron chi connectivity index (χ4n) is 5.17. The second-order valence-corrected chi connectivity index (χ2v) is 12.1. The highest BCUT2D eigenvalue weighted by molar-refractivity contribution is 7.89. The number of alkyl halides is 4. The van der Waals surface area contributed by atoms with E-state index in [2.05, 4.69) is 31.9 Å². The molecule has 232 valence electrons. The predicted octanol–water partition coefficient (Wildman–Crippen LogP) is 1.88. The van der Waals surface area contributed by atoms with E-state index in [1.807, 2.05) is 11.9 Å². The molecule has 1 saturated heterocycles. The topological polar surface area (TPSA) is 148 Å². The van der Waals surface area contributed by atoms with Crippen LogP contribution >= 0.6 is 0 Å². The number of hydrogen-bond acceptors (Lipinski definition) is 9. The number of ether oxygens (including phenoxy) is 1. The lowest BCUT2D eigenvalue weighted by molar-refractivity contribution is -0.419. The van der Waals surface area contributed by atoms with Crippen molar-refractivity contribution in [2.75, 3.05) is 37.3 Å². The van der Waals surface area contributed by atoms with Gasteiger partial charge in [0, 0.05) is 36.8 Å². The molecule has 2 aromatic carbocycles. The molecule has 0 bridgehead atoms. The zero-order valence-electron chi connectivity index (χ0n) is 22.7. The number of rotatable bonds is 7. The second kappa shape index (κ2) is 11.5. The zero-order valence-corrected chi connectivity index (χ0v) is 23.6. The van der Waals surface area contributed by atoms with Gasteiger partial charge in [0.1, 0.15) is 12.7 Å². The number of aromatic nitrogens is 1. The number of nitrogens with one attached hydrogen (secondary N) is 3. The molecule has 3 aromatic rings. The molecule has 5 rings (SSSR count). The maximum absolute atomic E-state index is 14.7. The van der Waals surface area contributed by atoms with Crippen molar-refractivity contribution in [3.8, 4) is 17.6 Å². The van der Waals surface area contributed by atoms with Gasteiger partial charge in [-0.25, -0.2) is 17.5 Å². The highest BCUT2D eigenvalue weighted by Crippen LogP contribution is 2.35. The number of halogens is 4. The summed E-state index contributed by atoms with van der Waals surface area (Å²) >= 11 is 0. The largest absolute Gasteiger partial charge is 0.453 e. The van der Waals surface area contributed by atoms with Crippen molar-refractivity contribution < 1.29 is 46.0 Å². The summed E-state index contributed by atoms with van der Waals surface area (Å²) in [5, 5.41) is 34.3. The van der Waals surface area contributed by atoms with Crippen LogP contribution in [-0.4, -0.2) is 84.4 Å². The van der Waals surface area contributed by atoms with Crippen LogP contribution in [0.3, 0.4) is 0 Å². The summed E-state index contributed by atoms with van der Waals surface area (Å²) in [6.07, 6.45) is -8.81. The molecule has 2 atom stereocenters. The third kappa shape index (κ3) is 7.15. The Morgan fingerprint density at radius 1 is 1.16 bits per heavy atom. The molecule has 0 saturated carbocycles. The molecule has 43 heavy (non-hydrogen) atoms. The molecule has 3 heterocycles. The molecule has 1 fully saturated rings. The van der Waals surface area contributed by atoms with Gasteiger partial charge in [-0.3, -0.25) is 0 Å². The van der Waals surface area contributed by atoms with Crippen molar-refractivity contribution in [2.24, 2.45) is 0 Å². The van der Waals surface area contributed by atoms with E-state index < -0.39 is 46.9 Å². The molecule has 0 radical (unpaired) electrons. The quantitative estimate of drug-likeness (QED) is 0.131. The molecular formula is C27H29F4N5O6S. The lowest BCUT2D eigenvalue weighted by Gasteiger charge is -2.33. The van der Waals surface area contributed by atoms with Gasteiger partial charge in [0.15, 0.2) is 5.75 Å². The van der Waals surface area contributed by atoms with Crippen LogP contribution in [-0.2, 0) is 23.1 Å². The Kier molecular flexibility index (Phi) is 8.24. The summed E-state index contributed by atoms with van der Waals surface area (Å²) in [7, 11) is -2.05. The van der Waals surface area contributed by atoms with Crippen molar-refractivity contribution >= 4 is 32.3 Å². The third-order valence-corrected chi connectivity index (χ3v) is 8.59. The minimum atomic E-state index is -4.56. The normalized spacial score (nSPS) is 20.4. The average molecular weight is 628 g/mol. The summed E-state index contributed by atoms with van der Waals surface area (Å²) in [5.74, 6) is 5.00. The van der Waals surface area contributed by atoms with Gasteiger partial charge in [-0.05, 0) is 49.2 Å². The van der Waals surface area contributed by atoms with Gasteiger partial charge in [-0.2, -0.15) is 13.2 Å². The van der Waals surface area contributed by atoms with Gasteiger partial charge >= 0.3 is 12.3 Å². The highest BCUT2D eigenvalue weighted by atomic mass is 32.2. The van der Waals surface area contributed by atoms with E-state index in [4.69, 9.17) is 0 Å². The Morgan fingerprint density at radius 2 is 1.93 bits per heavy atom. The number of nitrogens with zero attached hydrogens (tertiary/aromatic N) is 2. The molecule has 2 aliphatic rings. The van der Waals surface area contributed by atoms with Crippen molar-refractivity contribution in [1.82, 2.24) is 14.2 Å². The standard InChI is InChI=1S/C27H29F4N5O6S/c1-35-9-7-21(19(28)14-35)34-20-5-2-6-23-18(20)11-17(36(23)15-26(29,30)31)4-3-8-32-22-10-16-13-33-43(40,41)25(16)12-24(22)42-27(37,38)39/h2,5-6,10-12,19,21,32-34,37-39H,7-9,13-15H2,1H3. The van der Waals surface area contributed by atoms with Gasteiger partial charge in [0.2, 0.25) is 10.0 Å². The van der Waals surface area contributed by atoms with E-state index in [1.54, 1.807) is 12.1 Å².